The van der Waals surface area contributed by atoms with E-state index in [2.05, 4.69) is 12.2 Å². The first-order chi connectivity index (χ1) is 9.16. The number of rotatable bonds is 0. The molecular weight excluding hydrogens is 240 g/mol. The van der Waals surface area contributed by atoms with Gasteiger partial charge in [-0.05, 0) is 56.9 Å². The van der Waals surface area contributed by atoms with Crippen LogP contribution in [0.5, 0.6) is 0 Å². The molecule has 1 saturated carbocycles. The van der Waals surface area contributed by atoms with E-state index in [1.165, 1.54) is 6.08 Å². The van der Waals surface area contributed by atoms with E-state index >= 15 is 0 Å². The van der Waals surface area contributed by atoms with Crippen molar-refractivity contribution in [3.05, 3.63) is 24.3 Å². The van der Waals surface area contributed by atoms with E-state index in [0.29, 0.717) is 5.92 Å². The SMILES string of the molecule is C[C@H]1CCC/C=C/[C@@H]2CCC[C@H]2[C@@H](O)/C=C/C(=O)O1. The van der Waals surface area contributed by atoms with Crippen molar-refractivity contribution in [2.24, 2.45) is 11.8 Å². The molecule has 1 N–H and O–H groups in total. The predicted molar refractivity (Wildman–Crippen MR) is 74.5 cm³/mol. The fourth-order valence-corrected chi connectivity index (χ4v) is 3.09. The van der Waals surface area contributed by atoms with Gasteiger partial charge in [0.2, 0.25) is 0 Å². The van der Waals surface area contributed by atoms with Gasteiger partial charge in [0.1, 0.15) is 0 Å². The standard InChI is InChI=1S/C16H24O3/c1-12-6-3-2-4-7-13-8-5-9-14(13)15(17)10-11-16(18)19-12/h4,7,10-15,17H,2-3,5-6,8-9H2,1H3/b7-4+,11-10+/t12-,13+,14+,15-/m0/s1. The molecule has 0 aromatic rings. The van der Waals surface area contributed by atoms with Gasteiger partial charge in [-0.2, -0.15) is 0 Å². The van der Waals surface area contributed by atoms with Crippen LogP contribution in [0.2, 0.25) is 0 Å². The highest BCUT2D eigenvalue weighted by Gasteiger charge is 2.30. The maximum absolute atomic E-state index is 11.6. The molecule has 1 aliphatic carbocycles. The number of allylic oxidation sites excluding steroid dienone is 2. The van der Waals surface area contributed by atoms with Crippen molar-refractivity contribution in [3.8, 4) is 0 Å². The lowest BCUT2D eigenvalue weighted by Gasteiger charge is -2.20. The van der Waals surface area contributed by atoms with Crippen molar-refractivity contribution in [1.82, 2.24) is 0 Å². The maximum atomic E-state index is 11.6. The molecule has 0 unspecified atom stereocenters. The van der Waals surface area contributed by atoms with Crippen LogP contribution in [0, 0.1) is 11.8 Å². The first-order valence-electron chi connectivity index (χ1n) is 7.40. The van der Waals surface area contributed by atoms with Crippen LogP contribution < -0.4 is 0 Å². The number of hydrogen-bond acceptors (Lipinski definition) is 3. The predicted octanol–water partition coefficient (Wildman–Crippen LogP) is 2.99. The fourth-order valence-electron chi connectivity index (χ4n) is 3.09. The molecule has 0 saturated heterocycles. The Hall–Kier alpha value is -1.09. The molecule has 2 aliphatic rings. The van der Waals surface area contributed by atoms with E-state index in [-0.39, 0.29) is 18.0 Å². The minimum atomic E-state index is -0.541. The highest BCUT2D eigenvalue weighted by Crippen LogP contribution is 2.35. The second-order valence-electron chi connectivity index (χ2n) is 5.71. The Morgan fingerprint density at radius 1 is 1.21 bits per heavy atom. The highest BCUT2D eigenvalue weighted by molar-refractivity contribution is 5.82. The Kier molecular flexibility index (Phi) is 5.20. The topological polar surface area (TPSA) is 46.5 Å². The lowest BCUT2D eigenvalue weighted by molar-refractivity contribution is -0.142. The van der Waals surface area contributed by atoms with Gasteiger partial charge >= 0.3 is 5.97 Å². The quantitative estimate of drug-likeness (QED) is 0.540. The van der Waals surface area contributed by atoms with Crippen molar-refractivity contribution < 1.29 is 14.6 Å². The van der Waals surface area contributed by atoms with Crippen LogP contribution in [0.3, 0.4) is 0 Å². The van der Waals surface area contributed by atoms with Crippen LogP contribution in [0.25, 0.3) is 0 Å². The number of fused-ring (bicyclic) bond motifs is 1. The second-order valence-corrected chi connectivity index (χ2v) is 5.71. The normalized spacial score (nSPS) is 40.2. The Balaban J connectivity index is 2.08. The third-order valence-corrected chi connectivity index (χ3v) is 4.18. The molecule has 1 heterocycles. The van der Waals surface area contributed by atoms with Crippen molar-refractivity contribution in [2.75, 3.05) is 0 Å². The van der Waals surface area contributed by atoms with Gasteiger partial charge in [-0.15, -0.1) is 0 Å². The van der Waals surface area contributed by atoms with Crippen molar-refractivity contribution in [3.63, 3.8) is 0 Å². The van der Waals surface area contributed by atoms with Crippen LogP contribution in [-0.2, 0) is 9.53 Å². The van der Waals surface area contributed by atoms with Crippen LogP contribution in [0.15, 0.2) is 24.3 Å². The van der Waals surface area contributed by atoms with Crippen LogP contribution in [-0.4, -0.2) is 23.3 Å². The monoisotopic (exact) mass is 264 g/mol. The molecule has 3 nitrogen and oxygen atoms in total. The van der Waals surface area contributed by atoms with E-state index < -0.39 is 6.10 Å². The summed E-state index contributed by atoms with van der Waals surface area (Å²) in [5.74, 6) is 0.362. The van der Waals surface area contributed by atoms with E-state index in [1.807, 2.05) is 6.92 Å². The molecule has 3 heteroatoms. The van der Waals surface area contributed by atoms with Gasteiger partial charge in [0.15, 0.2) is 0 Å². The molecule has 0 spiro atoms. The number of esters is 1. The van der Waals surface area contributed by atoms with E-state index in [4.69, 9.17) is 4.74 Å². The van der Waals surface area contributed by atoms with Gasteiger partial charge in [-0.3, -0.25) is 0 Å². The second kappa shape index (κ2) is 6.90. The summed E-state index contributed by atoms with van der Waals surface area (Å²) >= 11 is 0. The van der Waals surface area contributed by atoms with Gasteiger partial charge in [-0.1, -0.05) is 18.6 Å². The summed E-state index contributed by atoms with van der Waals surface area (Å²) in [6, 6.07) is 0. The summed E-state index contributed by atoms with van der Waals surface area (Å²) in [5, 5.41) is 10.2. The zero-order chi connectivity index (χ0) is 13.7. The molecule has 0 aromatic heterocycles. The van der Waals surface area contributed by atoms with Crippen LogP contribution in [0.4, 0.5) is 0 Å². The summed E-state index contributed by atoms with van der Waals surface area (Å²) in [4.78, 5) is 11.6. The molecule has 19 heavy (non-hydrogen) atoms. The molecule has 1 aliphatic heterocycles. The molecule has 4 atom stereocenters. The molecule has 0 bridgehead atoms. The Labute approximate surface area is 115 Å². The summed E-state index contributed by atoms with van der Waals surface area (Å²) in [7, 11) is 0. The molecule has 1 fully saturated rings. The average Bonchev–Trinajstić information content (AvgIpc) is 2.83. The molecule has 106 valence electrons. The largest absolute Gasteiger partial charge is 0.460 e. The number of aliphatic hydroxyl groups excluding tert-OH is 1. The van der Waals surface area contributed by atoms with Gasteiger partial charge < -0.3 is 9.84 Å². The number of ether oxygens (including phenoxy) is 1. The van der Waals surface area contributed by atoms with Crippen LogP contribution >= 0.6 is 0 Å². The minimum absolute atomic E-state index is 0.0528. The lowest BCUT2D eigenvalue weighted by Crippen LogP contribution is -2.21. The van der Waals surface area contributed by atoms with E-state index in [1.54, 1.807) is 6.08 Å². The first kappa shape index (κ1) is 14.3. The summed E-state index contributed by atoms with van der Waals surface area (Å²) in [5.41, 5.74) is 0. The third kappa shape index (κ3) is 4.20. The zero-order valence-corrected chi connectivity index (χ0v) is 11.6. The van der Waals surface area contributed by atoms with Crippen molar-refractivity contribution in [2.45, 2.75) is 57.7 Å². The number of cyclic esters (lactones) is 1. The number of carbonyl (C=O) groups is 1. The van der Waals surface area contributed by atoms with Crippen molar-refractivity contribution >= 4 is 5.97 Å². The highest BCUT2D eigenvalue weighted by atomic mass is 16.5. The maximum Gasteiger partial charge on any atom is 0.330 e. The molecule has 2 rings (SSSR count). The van der Waals surface area contributed by atoms with Gasteiger partial charge in [0.05, 0.1) is 12.2 Å². The summed E-state index contributed by atoms with van der Waals surface area (Å²) in [6.07, 6.45) is 13.2. The summed E-state index contributed by atoms with van der Waals surface area (Å²) < 4.78 is 5.26. The fraction of sp³-hybridized carbons (Fsp3) is 0.688. The van der Waals surface area contributed by atoms with Crippen molar-refractivity contribution in [1.29, 1.82) is 0 Å². The molecule has 0 radical (unpaired) electrons. The minimum Gasteiger partial charge on any atom is -0.460 e. The smallest absolute Gasteiger partial charge is 0.330 e. The Morgan fingerprint density at radius 2 is 2.05 bits per heavy atom. The first-order valence-corrected chi connectivity index (χ1v) is 7.40. The molecule has 0 aromatic carbocycles. The van der Waals surface area contributed by atoms with E-state index in [9.17, 15) is 9.90 Å². The van der Waals surface area contributed by atoms with Gasteiger partial charge in [-0.25, -0.2) is 4.79 Å². The third-order valence-electron chi connectivity index (χ3n) is 4.18. The lowest BCUT2D eigenvalue weighted by atomic mass is 9.90. The Morgan fingerprint density at radius 3 is 2.89 bits per heavy atom. The van der Waals surface area contributed by atoms with Crippen LogP contribution in [0.1, 0.15) is 45.4 Å². The number of aliphatic hydroxyl groups is 1. The number of carbonyl (C=O) groups excluding carboxylic acids is 1. The average molecular weight is 264 g/mol. The number of hydrogen-bond donors (Lipinski definition) is 1. The zero-order valence-electron chi connectivity index (χ0n) is 11.6. The molecular formula is C16H24O3. The summed E-state index contributed by atoms with van der Waals surface area (Å²) in [6.45, 7) is 1.92. The van der Waals surface area contributed by atoms with Gasteiger partial charge in [0.25, 0.3) is 0 Å². The molecule has 0 amide bonds. The van der Waals surface area contributed by atoms with E-state index in [0.717, 1.165) is 38.5 Å². The van der Waals surface area contributed by atoms with Gasteiger partial charge in [0, 0.05) is 6.08 Å². The Bertz CT molecular complexity index is 359.